The summed E-state index contributed by atoms with van der Waals surface area (Å²) in [7, 11) is -5.60. The fourth-order valence-corrected chi connectivity index (χ4v) is 7.01. The molecule has 6 nitrogen and oxygen atoms in total. The summed E-state index contributed by atoms with van der Waals surface area (Å²) in [6.07, 6.45) is 0.950. The molecule has 108 valence electrons. The lowest BCUT2D eigenvalue weighted by atomic mass is 10.0. The predicted octanol–water partition coefficient (Wildman–Crippen LogP) is 0.612. The van der Waals surface area contributed by atoms with Crippen LogP contribution in [0, 0.1) is 0 Å². The van der Waals surface area contributed by atoms with Gasteiger partial charge in [-0.3, -0.25) is 0 Å². The summed E-state index contributed by atoms with van der Waals surface area (Å²) in [5, 5.41) is 7.63. The molecule has 0 spiro atoms. The lowest BCUT2D eigenvalue weighted by Crippen LogP contribution is -2.33. The smallest absolute Gasteiger partial charge is 0.247 e. The van der Waals surface area contributed by atoms with Crippen molar-refractivity contribution >= 4 is 31.2 Å². The van der Waals surface area contributed by atoms with Gasteiger partial charge in [0.15, 0.2) is 9.84 Å². The third kappa shape index (κ3) is 2.45. The molecule has 9 heteroatoms. The van der Waals surface area contributed by atoms with Gasteiger partial charge in [0, 0.05) is 11.6 Å². The van der Waals surface area contributed by atoms with Crippen LogP contribution in [0.15, 0.2) is 14.5 Å². The van der Waals surface area contributed by atoms with Crippen molar-refractivity contribution in [1.29, 1.82) is 0 Å². The van der Waals surface area contributed by atoms with Gasteiger partial charge in [0.05, 0.1) is 5.25 Å². The van der Waals surface area contributed by atoms with E-state index in [9.17, 15) is 16.8 Å². The second kappa shape index (κ2) is 4.81. The highest BCUT2D eigenvalue weighted by Crippen LogP contribution is 2.43. The van der Waals surface area contributed by atoms with Crippen molar-refractivity contribution in [2.45, 2.75) is 39.5 Å². The summed E-state index contributed by atoms with van der Waals surface area (Å²) in [6, 6.07) is 1.22. The minimum Gasteiger partial charge on any atom is -0.313 e. The summed E-state index contributed by atoms with van der Waals surface area (Å²) < 4.78 is 47.6. The van der Waals surface area contributed by atoms with Crippen LogP contribution in [-0.4, -0.2) is 29.1 Å². The molecule has 0 aromatic carbocycles. The van der Waals surface area contributed by atoms with E-state index >= 15 is 0 Å². The van der Waals surface area contributed by atoms with Gasteiger partial charge < -0.3 is 5.32 Å². The first-order valence-corrected chi connectivity index (χ1v) is 9.70. The fraction of sp³-hybridized carbons (Fsp3) is 0.600. The van der Waals surface area contributed by atoms with Gasteiger partial charge >= 0.3 is 0 Å². The van der Waals surface area contributed by atoms with Gasteiger partial charge in [0.25, 0.3) is 0 Å². The summed E-state index contributed by atoms with van der Waals surface area (Å²) in [4.78, 5) is 0. The van der Waals surface area contributed by atoms with E-state index in [1.165, 1.54) is 6.07 Å². The first-order chi connectivity index (χ1) is 8.71. The number of primary sulfonamides is 1. The van der Waals surface area contributed by atoms with Gasteiger partial charge in [0.2, 0.25) is 10.0 Å². The van der Waals surface area contributed by atoms with Crippen molar-refractivity contribution in [2.75, 3.05) is 7.05 Å². The Labute approximate surface area is 117 Å². The van der Waals surface area contributed by atoms with Crippen molar-refractivity contribution < 1.29 is 16.8 Å². The maximum Gasteiger partial charge on any atom is 0.247 e. The summed E-state index contributed by atoms with van der Waals surface area (Å²) in [5.74, 6) is 0. The zero-order valence-electron chi connectivity index (χ0n) is 10.6. The Morgan fingerprint density at radius 3 is 2.63 bits per heavy atom. The highest BCUT2D eigenvalue weighted by molar-refractivity contribution is 7.95. The van der Waals surface area contributed by atoms with Crippen LogP contribution in [0.1, 0.15) is 31.4 Å². The molecule has 0 radical (unpaired) electrons. The molecule has 2 heterocycles. The molecule has 0 fully saturated rings. The second-order valence-corrected chi connectivity index (χ2v) is 9.77. The van der Waals surface area contributed by atoms with Gasteiger partial charge in [0.1, 0.15) is 8.42 Å². The Morgan fingerprint density at radius 1 is 1.53 bits per heavy atom. The van der Waals surface area contributed by atoms with Crippen LogP contribution in [0.25, 0.3) is 0 Å². The molecule has 0 aliphatic carbocycles. The number of nitrogens with one attached hydrogen (secondary N) is 1. The van der Waals surface area contributed by atoms with Gasteiger partial charge in [-0.05, 0) is 26.0 Å². The monoisotopic (exact) mass is 324 g/mol. The van der Waals surface area contributed by atoms with Gasteiger partial charge in [-0.2, -0.15) is 0 Å². The molecule has 1 aromatic rings. The Hall–Kier alpha value is -0.480. The van der Waals surface area contributed by atoms with E-state index in [4.69, 9.17) is 5.14 Å². The maximum absolute atomic E-state index is 12.4. The first kappa shape index (κ1) is 14.9. The number of fused-ring (bicyclic) bond motifs is 1. The molecule has 0 saturated carbocycles. The van der Waals surface area contributed by atoms with Crippen LogP contribution in [0.4, 0.5) is 0 Å². The Kier molecular flexibility index (Phi) is 3.78. The van der Waals surface area contributed by atoms with Crippen LogP contribution < -0.4 is 10.5 Å². The van der Waals surface area contributed by atoms with E-state index < -0.39 is 25.1 Å². The Bertz CT molecular complexity index is 690. The number of sulfonamides is 1. The normalized spacial score (nSPS) is 26.1. The van der Waals surface area contributed by atoms with E-state index in [1.54, 1.807) is 7.05 Å². The predicted molar refractivity (Wildman–Crippen MR) is 73.4 cm³/mol. The number of hydrogen-bond donors (Lipinski definition) is 2. The topological polar surface area (TPSA) is 106 Å². The van der Waals surface area contributed by atoms with Crippen molar-refractivity contribution in [1.82, 2.24) is 5.32 Å². The minimum absolute atomic E-state index is 0.0990. The highest BCUT2D eigenvalue weighted by Gasteiger charge is 2.40. The molecule has 1 aliphatic heterocycles. The van der Waals surface area contributed by atoms with E-state index in [2.05, 4.69) is 5.32 Å². The van der Waals surface area contributed by atoms with E-state index in [0.717, 1.165) is 11.3 Å². The fourth-order valence-electron chi connectivity index (χ4n) is 2.30. The zero-order valence-corrected chi connectivity index (χ0v) is 13.0. The second-order valence-electron chi connectivity index (χ2n) is 4.51. The molecule has 0 unspecified atom stereocenters. The third-order valence-corrected chi connectivity index (χ3v) is 8.83. The largest absolute Gasteiger partial charge is 0.313 e. The molecule has 1 aromatic heterocycles. The number of rotatable bonds is 3. The number of thiophene rings is 1. The van der Waals surface area contributed by atoms with Gasteiger partial charge in [-0.25, -0.2) is 22.0 Å². The van der Waals surface area contributed by atoms with Crippen LogP contribution in [0.5, 0.6) is 0 Å². The van der Waals surface area contributed by atoms with E-state index in [-0.39, 0.29) is 14.5 Å². The third-order valence-electron chi connectivity index (χ3n) is 3.36. The lowest BCUT2D eigenvalue weighted by Gasteiger charge is -2.28. The van der Waals surface area contributed by atoms with Gasteiger partial charge in [-0.15, -0.1) is 11.3 Å². The van der Waals surface area contributed by atoms with Gasteiger partial charge in [-0.1, -0.05) is 6.92 Å². The SMILES string of the molecule is CC[C@@H]1C[C@@H](NC)c2cc(S(N)(=O)=O)sc2S1(=O)=O. The van der Waals surface area contributed by atoms with Crippen LogP contribution in [0.2, 0.25) is 0 Å². The molecule has 3 N–H and O–H groups in total. The highest BCUT2D eigenvalue weighted by atomic mass is 32.3. The van der Waals surface area contributed by atoms with Crippen molar-refractivity contribution in [3.8, 4) is 0 Å². The maximum atomic E-state index is 12.4. The van der Waals surface area contributed by atoms with E-state index in [0.29, 0.717) is 18.4 Å². The van der Waals surface area contributed by atoms with Crippen LogP contribution in [-0.2, 0) is 19.9 Å². The van der Waals surface area contributed by atoms with Crippen molar-refractivity contribution in [3.63, 3.8) is 0 Å². The summed E-state index contributed by atoms with van der Waals surface area (Å²) in [5.41, 5.74) is 0.515. The lowest BCUT2D eigenvalue weighted by molar-refractivity contribution is 0.482. The number of sulfone groups is 1. The van der Waals surface area contributed by atoms with Crippen LogP contribution in [0.3, 0.4) is 0 Å². The van der Waals surface area contributed by atoms with Crippen LogP contribution >= 0.6 is 11.3 Å². The number of hydrogen-bond acceptors (Lipinski definition) is 6. The molecular formula is C10H16N2O4S3. The quantitative estimate of drug-likeness (QED) is 0.847. The van der Waals surface area contributed by atoms with Crippen molar-refractivity contribution in [2.24, 2.45) is 5.14 Å². The average Bonchev–Trinajstić information content (AvgIpc) is 2.75. The molecule has 19 heavy (non-hydrogen) atoms. The molecule has 0 bridgehead atoms. The minimum atomic E-state index is -3.88. The molecule has 0 saturated heterocycles. The molecule has 0 amide bonds. The Morgan fingerprint density at radius 2 is 2.16 bits per heavy atom. The molecule has 1 aliphatic rings. The van der Waals surface area contributed by atoms with E-state index in [1.807, 2.05) is 6.92 Å². The summed E-state index contributed by atoms with van der Waals surface area (Å²) >= 11 is 0.747. The molecule has 2 atom stereocenters. The zero-order chi connectivity index (χ0) is 14.4. The Balaban J connectivity index is 2.68. The van der Waals surface area contributed by atoms with Crippen molar-refractivity contribution in [3.05, 3.63) is 11.6 Å². The average molecular weight is 324 g/mol. The number of nitrogens with two attached hydrogens (primary N) is 1. The standard InChI is InChI=1S/C10H16N2O4S3/c1-3-6-4-8(12-2)7-5-9(19(11,15)16)17-10(7)18(6,13)14/h5-6,8,12H,3-4H2,1-2H3,(H2,11,15,16)/t6-,8-/m1/s1. The first-order valence-electron chi connectivity index (χ1n) is 5.79. The molecular weight excluding hydrogens is 308 g/mol. The summed E-state index contributed by atoms with van der Waals surface area (Å²) in [6.45, 7) is 1.81. The molecule has 2 rings (SSSR count).